The SMILES string of the molecule is O=C(COc1ccc(Cl)cc1)N1CCN(C(=O)C2CC(c3ccc(F)cc3)C2)CC1. The van der Waals surface area contributed by atoms with Crippen molar-refractivity contribution in [3.8, 4) is 5.75 Å². The van der Waals surface area contributed by atoms with Gasteiger partial charge in [-0.25, -0.2) is 4.39 Å². The molecule has 1 heterocycles. The highest BCUT2D eigenvalue weighted by molar-refractivity contribution is 6.30. The van der Waals surface area contributed by atoms with E-state index in [1.54, 1.807) is 41.3 Å². The van der Waals surface area contributed by atoms with Crippen molar-refractivity contribution < 1.29 is 18.7 Å². The van der Waals surface area contributed by atoms with Crippen LogP contribution in [0.25, 0.3) is 0 Å². The number of halogens is 2. The minimum Gasteiger partial charge on any atom is -0.484 e. The second-order valence-electron chi connectivity index (χ2n) is 7.87. The summed E-state index contributed by atoms with van der Waals surface area (Å²) in [5, 5.41) is 0.616. The summed E-state index contributed by atoms with van der Waals surface area (Å²) < 4.78 is 18.6. The molecule has 1 aliphatic carbocycles. The molecule has 1 saturated carbocycles. The first-order valence-electron chi connectivity index (χ1n) is 10.2. The van der Waals surface area contributed by atoms with Gasteiger partial charge in [-0.15, -0.1) is 0 Å². The Hall–Kier alpha value is -2.60. The Balaban J connectivity index is 1.19. The molecular weight excluding hydrogens is 407 g/mol. The quantitative estimate of drug-likeness (QED) is 0.726. The number of amides is 2. The summed E-state index contributed by atoms with van der Waals surface area (Å²) in [6, 6.07) is 13.4. The number of carbonyl (C=O) groups excluding carboxylic acids is 2. The van der Waals surface area contributed by atoms with Gasteiger partial charge in [-0.05, 0) is 60.7 Å². The monoisotopic (exact) mass is 430 g/mol. The number of hydrogen-bond acceptors (Lipinski definition) is 3. The van der Waals surface area contributed by atoms with Gasteiger partial charge in [-0.3, -0.25) is 9.59 Å². The third-order valence-corrected chi connectivity index (χ3v) is 6.20. The molecule has 2 fully saturated rings. The first-order chi connectivity index (χ1) is 14.5. The van der Waals surface area contributed by atoms with Crippen molar-refractivity contribution in [2.75, 3.05) is 32.8 Å². The average molecular weight is 431 g/mol. The number of benzene rings is 2. The minimum atomic E-state index is -0.239. The van der Waals surface area contributed by atoms with Gasteiger partial charge in [0.2, 0.25) is 5.91 Å². The number of carbonyl (C=O) groups is 2. The van der Waals surface area contributed by atoms with Crippen molar-refractivity contribution in [1.82, 2.24) is 9.80 Å². The summed E-state index contributed by atoms with van der Waals surface area (Å²) in [5.41, 5.74) is 1.09. The lowest BCUT2D eigenvalue weighted by Gasteiger charge is -2.41. The zero-order valence-electron chi connectivity index (χ0n) is 16.6. The zero-order valence-corrected chi connectivity index (χ0v) is 17.4. The van der Waals surface area contributed by atoms with E-state index in [1.807, 2.05) is 4.90 Å². The number of nitrogens with zero attached hydrogens (tertiary/aromatic N) is 2. The fourth-order valence-electron chi connectivity index (χ4n) is 4.03. The van der Waals surface area contributed by atoms with Crippen LogP contribution >= 0.6 is 11.6 Å². The molecule has 2 aromatic carbocycles. The molecule has 2 aromatic rings. The molecule has 0 aromatic heterocycles. The van der Waals surface area contributed by atoms with E-state index >= 15 is 0 Å². The molecule has 0 spiro atoms. The topological polar surface area (TPSA) is 49.9 Å². The van der Waals surface area contributed by atoms with E-state index in [4.69, 9.17) is 16.3 Å². The number of piperazine rings is 1. The van der Waals surface area contributed by atoms with Gasteiger partial charge in [-0.1, -0.05) is 23.7 Å². The first kappa shape index (κ1) is 20.7. The van der Waals surface area contributed by atoms with Crippen molar-refractivity contribution in [2.24, 2.45) is 5.92 Å². The lowest BCUT2D eigenvalue weighted by atomic mass is 9.71. The van der Waals surface area contributed by atoms with Crippen LogP contribution in [-0.4, -0.2) is 54.4 Å². The van der Waals surface area contributed by atoms with E-state index in [1.165, 1.54) is 12.1 Å². The minimum absolute atomic E-state index is 0.0237. The summed E-state index contributed by atoms with van der Waals surface area (Å²) in [7, 11) is 0. The highest BCUT2D eigenvalue weighted by atomic mass is 35.5. The van der Waals surface area contributed by atoms with Crippen LogP contribution in [0.5, 0.6) is 5.75 Å². The Morgan fingerprint density at radius 3 is 2.17 bits per heavy atom. The van der Waals surface area contributed by atoms with Gasteiger partial charge in [0, 0.05) is 37.1 Å². The maximum absolute atomic E-state index is 13.1. The number of rotatable bonds is 5. The third kappa shape index (κ3) is 4.75. The molecule has 7 heteroatoms. The second-order valence-corrected chi connectivity index (χ2v) is 8.30. The van der Waals surface area contributed by atoms with Crippen molar-refractivity contribution >= 4 is 23.4 Å². The zero-order chi connectivity index (χ0) is 21.1. The summed E-state index contributed by atoms with van der Waals surface area (Å²) in [6.45, 7) is 2.09. The second kappa shape index (κ2) is 9.04. The van der Waals surface area contributed by atoms with Gasteiger partial charge in [0.15, 0.2) is 6.61 Å². The molecule has 1 aliphatic heterocycles. The Bertz CT molecular complexity index is 890. The summed E-state index contributed by atoms with van der Waals surface area (Å²) >= 11 is 5.84. The van der Waals surface area contributed by atoms with E-state index in [-0.39, 0.29) is 30.2 Å². The molecule has 0 unspecified atom stereocenters. The summed E-state index contributed by atoms with van der Waals surface area (Å²) in [6.07, 6.45) is 1.61. The maximum atomic E-state index is 13.1. The van der Waals surface area contributed by atoms with Crippen molar-refractivity contribution in [3.63, 3.8) is 0 Å². The molecule has 0 bridgehead atoms. The number of hydrogen-bond donors (Lipinski definition) is 0. The van der Waals surface area contributed by atoms with Crippen molar-refractivity contribution in [3.05, 3.63) is 64.9 Å². The van der Waals surface area contributed by atoms with Gasteiger partial charge in [0.05, 0.1) is 0 Å². The Morgan fingerprint density at radius 1 is 0.933 bits per heavy atom. The molecule has 5 nitrogen and oxygen atoms in total. The average Bonchev–Trinajstić information content (AvgIpc) is 2.73. The van der Waals surface area contributed by atoms with E-state index in [0.717, 1.165) is 18.4 Å². The highest BCUT2D eigenvalue weighted by Crippen LogP contribution is 2.42. The molecule has 0 atom stereocenters. The summed E-state index contributed by atoms with van der Waals surface area (Å²) in [5.74, 6) is 0.789. The van der Waals surface area contributed by atoms with Crippen molar-refractivity contribution in [1.29, 1.82) is 0 Å². The number of ether oxygens (including phenoxy) is 1. The molecule has 158 valence electrons. The molecule has 2 aliphatic rings. The molecule has 30 heavy (non-hydrogen) atoms. The highest BCUT2D eigenvalue weighted by Gasteiger charge is 2.38. The van der Waals surface area contributed by atoms with Crippen molar-refractivity contribution in [2.45, 2.75) is 18.8 Å². The lowest BCUT2D eigenvalue weighted by Crippen LogP contribution is -2.53. The van der Waals surface area contributed by atoms with E-state index in [2.05, 4.69) is 0 Å². The van der Waals surface area contributed by atoms with Gasteiger partial charge in [0.1, 0.15) is 11.6 Å². The van der Waals surface area contributed by atoms with Crippen LogP contribution in [-0.2, 0) is 9.59 Å². The van der Waals surface area contributed by atoms with Crippen LogP contribution in [0.1, 0.15) is 24.3 Å². The van der Waals surface area contributed by atoms with E-state index < -0.39 is 0 Å². The molecule has 0 N–H and O–H groups in total. The van der Waals surface area contributed by atoms with Crippen LogP contribution < -0.4 is 4.74 Å². The third-order valence-electron chi connectivity index (χ3n) is 5.95. The normalized spacial score (nSPS) is 21.1. The van der Waals surface area contributed by atoms with Crippen LogP contribution in [0.3, 0.4) is 0 Å². The van der Waals surface area contributed by atoms with E-state index in [9.17, 15) is 14.0 Å². The molecular formula is C23H24ClFN2O3. The first-order valence-corrected chi connectivity index (χ1v) is 10.6. The predicted octanol–water partition coefficient (Wildman–Crippen LogP) is 3.72. The van der Waals surface area contributed by atoms with Crippen LogP contribution in [0.15, 0.2) is 48.5 Å². The Labute approximate surface area is 180 Å². The lowest BCUT2D eigenvalue weighted by molar-refractivity contribution is -0.145. The largest absolute Gasteiger partial charge is 0.484 e. The fourth-order valence-corrected chi connectivity index (χ4v) is 4.15. The maximum Gasteiger partial charge on any atom is 0.260 e. The van der Waals surface area contributed by atoms with Gasteiger partial charge >= 0.3 is 0 Å². The van der Waals surface area contributed by atoms with Crippen LogP contribution in [0.4, 0.5) is 4.39 Å². The van der Waals surface area contributed by atoms with Gasteiger partial charge in [0.25, 0.3) is 5.91 Å². The fraction of sp³-hybridized carbons (Fsp3) is 0.391. The Kier molecular flexibility index (Phi) is 6.23. The smallest absolute Gasteiger partial charge is 0.260 e. The Morgan fingerprint density at radius 2 is 1.53 bits per heavy atom. The molecule has 2 amide bonds. The van der Waals surface area contributed by atoms with Crippen LogP contribution in [0.2, 0.25) is 5.02 Å². The van der Waals surface area contributed by atoms with E-state index in [0.29, 0.717) is 42.9 Å². The standard InChI is InChI=1S/C23H24ClFN2O3/c24-19-3-7-21(8-4-19)30-15-22(28)26-9-11-27(12-10-26)23(29)18-13-17(14-18)16-1-5-20(25)6-2-16/h1-8,17-18H,9-15H2. The van der Waals surface area contributed by atoms with Gasteiger partial charge in [-0.2, -0.15) is 0 Å². The molecule has 4 rings (SSSR count). The molecule has 1 saturated heterocycles. The van der Waals surface area contributed by atoms with Crippen LogP contribution in [0, 0.1) is 11.7 Å². The predicted molar refractivity (Wildman–Crippen MR) is 112 cm³/mol. The van der Waals surface area contributed by atoms with Gasteiger partial charge < -0.3 is 14.5 Å². The summed E-state index contributed by atoms with van der Waals surface area (Å²) in [4.78, 5) is 28.7. The molecule has 0 radical (unpaired) electrons.